The Bertz CT molecular complexity index is 348. The summed E-state index contributed by atoms with van der Waals surface area (Å²) in [6.07, 6.45) is 1.96. The molecule has 116 valence electrons. The second kappa shape index (κ2) is 6.24. The average Bonchev–Trinajstić information content (AvgIpc) is 2.37. The first kappa shape index (κ1) is 16.1. The lowest BCUT2D eigenvalue weighted by Crippen LogP contribution is -2.69. The zero-order valence-electron chi connectivity index (χ0n) is 13.1. The topological polar surface area (TPSA) is 38.8 Å². The first-order valence-corrected chi connectivity index (χ1v) is 8.40. The van der Waals surface area contributed by atoms with Gasteiger partial charge in [-0.05, 0) is 12.8 Å². The minimum atomic E-state index is -0.0705. The van der Waals surface area contributed by atoms with Crippen LogP contribution >= 0.6 is 11.8 Å². The fourth-order valence-corrected chi connectivity index (χ4v) is 4.19. The molecule has 0 aromatic heterocycles. The molecule has 2 aliphatic rings. The van der Waals surface area contributed by atoms with E-state index in [4.69, 9.17) is 9.47 Å². The third-order valence-electron chi connectivity index (χ3n) is 4.29. The van der Waals surface area contributed by atoms with Crippen molar-refractivity contribution in [2.24, 2.45) is 5.41 Å². The standard InChI is InChI=1S/C15H27NO3S/c1-14(2,3)20-10-7-16-11-15(5-8-19-9-6-15)12(16)13(17)18-4/h12H,5-11H2,1-4H3. The molecule has 0 N–H and O–H groups in total. The first-order chi connectivity index (χ1) is 9.38. The van der Waals surface area contributed by atoms with Gasteiger partial charge in [-0.1, -0.05) is 20.8 Å². The molecule has 4 nitrogen and oxygen atoms in total. The summed E-state index contributed by atoms with van der Waals surface area (Å²) in [6.45, 7) is 10.2. The Balaban J connectivity index is 1.92. The summed E-state index contributed by atoms with van der Waals surface area (Å²) in [4.78, 5) is 14.4. The van der Waals surface area contributed by atoms with Crippen molar-refractivity contribution in [3.05, 3.63) is 0 Å². The maximum absolute atomic E-state index is 12.1. The van der Waals surface area contributed by atoms with Crippen LogP contribution in [0, 0.1) is 5.41 Å². The van der Waals surface area contributed by atoms with E-state index in [0.29, 0.717) is 0 Å². The number of esters is 1. The largest absolute Gasteiger partial charge is 0.468 e. The quantitative estimate of drug-likeness (QED) is 0.744. The van der Waals surface area contributed by atoms with Gasteiger partial charge in [-0.2, -0.15) is 11.8 Å². The number of carbonyl (C=O) groups is 1. The zero-order valence-corrected chi connectivity index (χ0v) is 13.9. The summed E-state index contributed by atoms with van der Waals surface area (Å²) >= 11 is 1.95. The molecule has 2 rings (SSSR count). The van der Waals surface area contributed by atoms with Gasteiger partial charge in [0.2, 0.25) is 0 Å². The zero-order chi connectivity index (χ0) is 14.8. The highest BCUT2D eigenvalue weighted by atomic mass is 32.2. The third kappa shape index (κ3) is 3.49. The number of thioether (sulfide) groups is 1. The Hall–Kier alpha value is -0.260. The predicted molar refractivity (Wildman–Crippen MR) is 82.1 cm³/mol. The van der Waals surface area contributed by atoms with Gasteiger partial charge in [-0.15, -0.1) is 0 Å². The molecule has 2 heterocycles. The highest BCUT2D eigenvalue weighted by molar-refractivity contribution is 8.00. The van der Waals surface area contributed by atoms with E-state index in [1.54, 1.807) is 0 Å². The molecule has 1 atom stereocenters. The fourth-order valence-electron chi connectivity index (χ4n) is 3.25. The smallest absolute Gasteiger partial charge is 0.323 e. The molecular weight excluding hydrogens is 274 g/mol. The van der Waals surface area contributed by atoms with Gasteiger partial charge in [0.1, 0.15) is 6.04 Å². The molecule has 0 saturated carbocycles. The van der Waals surface area contributed by atoms with Crippen LogP contribution in [0.15, 0.2) is 0 Å². The summed E-state index contributed by atoms with van der Waals surface area (Å²) in [5.41, 5.74) is 0.109. The van der Waals surface area contributed by atoms with Gasteiger partial charge in [0.15, 0.2) is 0 Å². The molecule has 0 radical (unpaired) electrons. The van der Waals surface area contributed by atoms with Crippen molar-refractivity contribution in [2.75, 3.05) is 39.2 Å². The monoisotopic (exact) mass is 301 g/mol. The van der Waals surface area contributed by atoms with E-state index in [-0.39, 0.29) is 22.2 Å². The first-order valence-electron chi connectivity index (χ1n) is 7.42. The summed E-state index contributed by atoms with van der Waals surface area (Å²) in [7, 11) is 1.50. The van der Waals surface area contributed by atoms with Gasteiger partial charge in [0.25, 0.3) is 0 Å². The maximum atomic E-state index is 12.1. The minimum Gasteiger partial charge on any atom is -0.468 e. The molecule has 2 saturated heterocycles. The number of methoxy groups -OCH3 is 1. The molecule has 0 aromatic carbocycles. The lowest BCUT2D eigenvalue weighted by molar-refractivity contribution is -0.179. The van der Waals surface area contributed by atoms with Crippen molar-refractivity contribution in [1.82, 2.24) is 4.90 Å². The van der Waals surface area contributed by atoms with E-state index >= 15 is 0 Å². The van der Waals surface area contributed by atoms with E-state index in [2.05, 4.69) is 25.7 Å². The van der Waals surface area contributed by atoms with E-state index in [1.807, 2.05) is 11.8 Å². The Kier molecular flexibility index (Phi) is 5.03. The number of ether oxygens (including phenoxy) is 2. The highest BCUT2D eigenvalue weighted by Gasteiger charge is 2.56. The number of rotatable bonds is 4. The second-order valence-corrected chi connectivity index (χ2v) is 8.75. The number of nitrogens with zero attached hydrogens (tertiary/aromatic N) is 1. The van der Waals surface area contributed by atoms with Gasteiger partial charge in [0.05, 0.1) is 7.11 Å². The highest BCUT2D eigenvalue weighted by Crippen LogP contribution is 2.46. The molecule has 0 bridgehead atoms. The lowest BCUT2D eigenvalue weighted by atomic mass is 9.66. The van der Waals surface area contributed by atoms with Crippen LogP contribution in [-0.2, 0) is 14.3 Å². The number of hydrogen-bond acceptors (Lipinski definition) is 5. The molecule has 0 aliphatic carbocycles. The normalized spacial score (nSPS) is 26.3. The van der Waals surface area contributed by atoms with Crippen molar-refractivity contribution in [2.45, 2.75) is 44.4 Å². The summed E-state index contributed by atoms with van der Waals surface area (Å²) in [5, 5.41) is 0. The van der Waals surface area contributed by atoms with Crippen molar-refractivity contribution < 1.29 is 14.3 Å². The van der Waals surface area contributed by atoms with Crippen molar-refractivity contribution in [3.63, 3.8) is 0 Å². The van der Waals surface area contributed by atoms with Crippen molar-refractivity contribution >= 4 is 17.7 Å². The molecule has 1 spiro atoms. The molecule has 0 aromatic rings. The maximum Gasteiger partial charge on any atom is 0.323 e. The average molecular weight is 301 g/mol. The fraction of sp³-hybridized carbons (Fsp3) is 0.933. The van der Waals surface area contributed by atoms with Gasteiger partial charge in [-0.25, -0.2) is 0 Å². The van der Waals surface area contributed by atoms with Crippen LogP contribution in [0.2, 0.25) is 0 Å². The Labute approximate surface area is 126 Å². The van der Waals surface area contributed by atoms with Crippen LogP contribution < -0.4 is 0 Å². The molecule has 0 amide bonds. The van der Waals surface area contributed by atoms with Crippen molar-refractivity contribution in [1.29, 1.82) is 0 Å². The second-order valence-electron chi connectivity index (χ2n) is 6.83. The SMILES string of the molecule is COC(=O)C1N(CCSC(C)(C)C)CC12CCOCC2. The Morgan fingerprint density at radius 1 is 1.40 bits per heavy atom. The summed E-state index contributed by atoms with van der Waals surface area (Å²) in [5.74, 6) is 0.989. The van der Waals surface area contributed by atoms with Crippen LogP contribution in [0.5, 0.6) is 0 Å². The van der Waals surface area contributed by atoms with Crippen LogP contribution in [0.25, 0.3) is 0 Å². The van der Waals surface area contributed by atoms with E-state index in [1.165, 1.54) is 7.11 Å². The van der Waals surface area contributed by atoms with Crippen molar-refractivity contribution in [3.8, 4) is 0 Å². The van der Waals surface area contributed by atoms with Gasteiger partial charge in [-0.3, -0.25) is 9.69 Å². The van der Waals surface area contributed by atoms with E-state index in [9.17, 15) is 4.79 Å². The van der Waals surface area contributed by atoms with Crippen LogP contribution in [0.3, 0.4) is 0 Å². The summed E-state index contributed by atoms with van der Waals surface area (Å²) < 4.78 is 10.8. The number of likely N-dealkylation sites (tertiary alicyclic amines) is 1. The Morgan fingerprint density at radius 2 is 2.05 bits per heavy atom. The van der Waals surface area contributed by atoms with Gasteiger partial charge >= 0.3 is 5.97 Å². The van der Waals surface area contributed by atoms with Crippen LogP contribution in [-0.4, -0.2) is 60.8 Å². The van der Waals surface area contributed by atoms with E-state index < -0.39 is 0 Å². The number of carbonyl (C=O) groups excluding carboxylic acids is 1. The van der Waals surface area contributed by atoms with E-state index in [0.717, 1.165) is 44.9 Å². The van der Waals surface area contributed by atoms with Gasteiger partial charge in [0, 0.05) is 42.2 Å². The molecule has 1 unspecified atom stereocenters. The predicted octanol–water partition coefficient (Wildman–Crippen LogP) is 2.17. The molecule has 5 heteroatoms. The molecule has 2 aliphatic heterocycles. The molecule has 2 fully saturated rings. The van der Waals surface area contributed by atoms with Crippen LogP contribution in [0.1, 0.15) is 33.6 Å². The molecule has 20 heavy (non-hydrogen) atoms. The molecular formula is C15H27NO3S. The Morgan fingerprint density at radius 3 is 2.60 bits per heavy atom. The lowest BCUT2D eigenvalue weighted by Gasteiger charge is -2.57. The van der Waals surface area contributed by atoms with Gasteiger partial charge < -0.3 is 9.47 Å². The minimum absolute atomic E-state index is 0.0584. The third-order valence-corrected chi connectivity index (χ3v) is 5.54. The number of hydrogen-bond donors (Lipinski definition) is 0. The van der Waals surface area contributed by atoms with Crippen LogP contribution in [0.4, 0.5) is 0 Å². The summed E-state index contributed by atoms with van der Waals surface area (Å²) in [6, 6.07) is -0.0584.